The highest BCUT2D eigenvalue weighted by molar-refractivity contribution is 6.74. The molecule has 0 spiro atoms. The van der Waals surface area contributed by atoms with Crippen LogP contribution in [0.3, 0.4) is 0 Å². The third kappa shape index (κ3) is 2.80. The molecule has 0 aromatic heterocycles. The van der Waals surface area contributed by atoms with Gasteiger partial charge in [-0.1, -0.05) is 20.8 Å². The van der Waals surface area contributed by atoms with Crippen LogP contribution in [0.5, 0.6) is 0 Å². The van der Waals surface area contributed by atoms with Crippen molar-refractivity contribution >= 4 is 14.2 Å². The van der Waals surface area contributed by atoms with E-state index in [1.165, 1.54) is 0 Å². The topological polar surface area (TPSA) is 38.8 Å². The highest BCUT2D eigenvalue weighted by atomic mass is 28.4. The molecular formula is C16H31NO3Si. The summed E-state index contributed by atoms with van der Waals surface area (Å²) in [5.74, 6) is 0.193. The van der Waals surface area contributed by atoms with E-state index in [-0.39, 0.29) is 29.0 Å². The lowest BCUT2D eigenvalue weighted by molar-refractivity contribution is -0.239. The summed E-state index contributed by atoms with van der Waals surface area (Å²) in [6.45, 7) is 18.0. The minimum absolute atomic E-state index is 0.00213. The second-order valence-electron chi connectivity index (χ2n) is 8.47. The molecule has 0 aromatic carbocycles. The zero-order valence-corrected chi connectivity index (χ0v) is 15.8. The van der Waals surface area contributed by atoms with Gasteiger partial charge in [0.05, 0.1) is 24.7 Å². The molecule has 2 rings (SSSR count). The maximum Gasteiger partial charge on any atom is 0.232 e. The monoisotopic (exact) mass is 313 g/mol. The van der Waals surface area contributed by atoms with Gasteiger partial charge in [-0.3, -0.25) is 4.79 Å². The van der Waals surface area contributed by atoms with Gasteiger partial charge >= 0.3 is 0 Å². The van der Waals surface area contributed by atoms with E-state index in [4.69, 9.17) is 9.16 Å². The van der Waals surface area contributed by atoms with E-state index < -0.39 is 14.0 Å². The summed E-state index contributed by atoms with van der Waals surface area (Å²) >= 11 is 0. The van der Waals surface area contributed by atoms with E-state index in [1.54, 1.807) is 0 Å². The first-order valence-electron chi connectivity index (χ1n) is 8.03. The molecule has 0 aromatic rings. The summed E-state index contributed by atoms with van der Waals surface area (Å²) in [6, 6.07) is 0.279. The van der Waals surface area contributed by atoms with Crippen LogP contribution in [0.4, 0.5) is 0 Å². The molecule has 5 heteroatoms. The van der Waals surface area contributed by atoms with Crippen LogP contribution in [0.25, 0.3) is 0 Å². The van der Waals surface area contributed by atoms with Crippen LogP contribution in [0.15, 0.2) is 0 Å². The average molecular weight is 314 g/mol. The SMILES string of the molecule is CC(O[Si](C)(C)C(C)(C)C)C1C(=O)N2C1CCOC2(C)C. The van der Waals surface area contributed by atoms with Crippen LogP contribution in [0.2, 0.25) is 18.1 Å². The molecular weight excluding hydrogens is 282 g/mol. The van der Waals surface area contributed by atoms with Crippen molar-refractivity contribution in [3.05, 3.63) is 0 Å². The normalized spacial score (nSPS) is 30.7. The van der Waals surface area contributed by atoms with E-state index in [9.17, 15) is 4.79 Å². The Morgan fingerprint density at radius 3 is 2.48 bits per heavy atom. The van der Waals surface area contributed by atoms with Gasteiger partial charge in [0.1, 0.15) is 5.72 Å². The van der Waals surface area contributed by atoms with Gasteiger partial charge in [0, 0.05) is 0 Å². The first-order valence-corrected chi connectivity index (χ1v) is 10.9. The molecule has 1 amide bonds. The summed E-state index contributed by atoms with van der Waals surface area (Å²) in [7, 11) is -1.84. The Bertz CT molecular complexity index is 428. The summed E-state index contributed by atoms with van der Waals surface area (Å²) in [6.07, 6.45) is 0.916. The predicted octanol–water partition coefficient (Wildman–Crippen LogP) is 3.38. The third-order valence-electron chi connectivity index (χ3n) is 5.51. The van der Waals surface area contributed by atoms with Crippen LogP contribution in [0.1, 0.15) is 48.0 Å². The Balaban J connectivity index is 2.09. The third-order valence-corrected chi connectivity index (χ3v) is 10.1. The standard InChI is InChI=1S/C16H31NO3Si/c1-11(20-21(7,8)15(2,3)4)13-12-9-10-19-16(5,6)17(12)14(13)18/h11-13H,9-10H2,1-8H3. The Morgan fingerprint density at radius 2 is 1.95 bits per heavy atom. The van der Waals surface area contributed by atoms with Gasteiger partial charge in [-0.2, -0.15) is 0 Å². The lowest BCUT2D eigenvalue weighted by atomic mass is 9.79. The summed E-state index contributed by atoms with van der Waals surface area (Å²) < 4.78 is 12.2. The Kier molecular flexibility index (Phi) is 4.09. The van der Waals surface area contributed by atoms with Crippen LogP contribution in [-0.4, -0.2) is 43.6 Å². The molecule has 0 radical (unpaired) electrons. The van der Waals surface area contributed by atoms with E-state index >= 15 is 0 Å². The quantitative estimate of drug-likeness (QED) is 0.592. The maximum absolute atomic E-state index is 12.6. The largest absolute Gasteiger partial charge is 0.413 e. The number of ether oxygens (including phenoxy) is 1. The number of carbonyl (C=O) groups is 1. The van der Waals surface area contributed by atoms with Crippen LogP contribution < -0.4 is 0 Å². The van der Waals surface area contributed by atoms with Gasteiger partial charge in [0.25, 0.3) is 0 Å². The van der Waals surface area contributed by atoms with E-state index in [0.29, 0.717) is 0 Å². The molecule has 4 nitrogen and oxygen atoms in total. The van der Waals surface area contributed by atoms with Crippen LogP contribution in [0, 0.1) is 5.92 Å². The predicted molar refractivity (Wildman–Crippen MR) is 86.5 cm³/mol. The van der Waals surface area contributed by atoms with Crippen molar-refractivity contribution in [3.63, 3.8) is 0 Å². The zero-order valence-electron chi connectivity index (χ0n) is 14.8. The highest BCUT2D eigenvalue weighted by Crippen LogP contribution is 2.44. The molecule has 21 heavy (non-hydrogen) atoms. The number of hydrogen-bond acceptors (Lipinski definition) is 3. The number of amides is 1. The molecule has 3 unspecified atom stereocenters. The van der Waals surface area contributed by atoms with Gasteiger partial charge in [-0.05, 0) is 45.3 Å². The molecule has 122 valence electrons. The van der Waals surface area contributed by atoms with Crippen molar-refractivity contribution in [1.29, 1.82) is 0 Å². The molecule has 0 N–H and O–H groups in total. The fourth-order valence-corrected chi connectivity index (χ4v) is 4.70. The minimum Gasteiger partial charge on any atom is -0.413 e. The van der Waals surface area contributed by atoms with E-state index in [2.05, 4.69) is 40.8 Å². The average Bonchev–Trinajstić information content (AvgIpc) is 2.23. The minimum atomic E-state index is -1.84. The fraction of sp³-hybridized carbons (Fsp3) is 0.938. The summed E-state index contributed by atoms with van der Waals surface area (Å²) in [5.41, 5.74) is -0.465. The number of carbonyl (C=O) groups excluding carboxylic acids is 1. The molecule has 0 bridgehead atoms. The van der Waals surface area contributed by atoms with Crippen molar-refractivity contribution in [3.8, 4) is 0 Å². The summed E-state index contributed by atoms with van der Waals surface area (Å²) in [5, 5.41) is 0.169. The first kappa shape index (κ1) is 17.0. The molecule has 0 saturated carbocycles. The molecule has 2 heterocycles. The molecule has 2 aliphatic heterocycles. The number of fused-ring (bicyclic) bond motifs is 1. The Hall–Kier alpha value is -0.393. The first-order chi connectivity index (χ1) is 9.38. The van der Waals surface area contributed by atoms with Gasteiger partial charge in [0.2, 0.25) is 5.91 Å². The molecule has 2 fully saturated rings. The lowest BCUT2D eigenvalue weighted by Crippen LogP contribution is -2.73. The van der Waals surface area contributed by atoms with Crippen molar-refractivity contribution in [2.75, 3.05) is 6.61 Å². The van der Waals surface area contributed by atoms with E-state index in [0.717, 1.165) is 13.0 Å². The highest BCUT2D eigenvalue weighted by Gasteiger charge is 2.58. The Labute approximate surface area is 130 Å². The zero-order chi connectivity index (χ0) is 16.2. The van der Waals surface area contributed by atoms with Crippen molar-refractivity contribution < 1.29 is 14.0 Å². The molecule has 2 aliphatic rings. The van der Waals surface area contributed by atoms with E-state index in [1.807, 2.05) is 18.7 Å². The van der Waals surface area contributed by atoms with Gasteiger partial charge in [-0.25, -0.2) is 0 Å². The fourth-order valence-electron chi connectivity index (χ4n) is 3.27. The van der Waals surface area contributed by atoms with Crippen molar-refractivity contribution in [2.45, 2.75) is 84.0 Å². The smallest absolute Gasteiger partial charge is 0.232 e. The summed E-state index contributed by atoms with van der Waals surface area (Å²) in [4.78, 5) is 14.5. The van der Waals surface area contributed by atoms with Crippen molar-refractivity contribution in [1.82, 2.24) is 4.90 Å². The second kappa shape index (κ2) is 5.07. The molecule has 3 atom stereocenters. The number of β-lactam (4-membered cyclic amide) rings is 1. The number of nitrogens with zero attached hydrogens (tertiary/aromatic N) is 1. The second-order valence-corrected chi connectivity index (χ2v) is 13.2. The maximum atomic E-state index is 12.6. The van der Waals surface area contributed by atoms with Crippen LogP contribution >= 0.6 is 0 Å². The van der Waals surface area contributed by atoms with Crippen LogP contribution in [-0.2, 0) is 14.0 Å². The number of rotatable bonds is 3. The lowest BCUT2D eigenvalue weighted by Gasteiger charge is -2.59. The molecule has 2 saturated heterocycles. The Morgan fingerprint density at radius 1 is 1.38 bits per heavy atom. The van der Waals surface area contributed by atoms with Gasteiger partial charge < -0.3 is 14.1 Å². The van der Waals surface area contributed by atoms with Gasteiger partial charge in [0.15, 0.2) is 8.32 Å². The van der Waals surface area contributed by atoms with Crippen molar-refractivity contribution in [2.24, 2.45) is 5.92 Å². The molecule has 0 aliphatic carbocycles. The van der Waals surface area contributed by atoms with Gasteiger partial charge in [-0.15, -0.1) is 0 Å². The number of hydrogen-bond donors (Lipinski definition) is 0.